The molecule has 104 valence electrons. The van der Waals surface area contributed by atoms with Gasteiger partial charge >= 0.3 is 5.97 Å². The van der Waals surface area contributed by atoms with E-state index in [1.807, 2.05) is 0 Å². The van der Waals surface area contributed by atoms with Gasteiger partial charge in [-0.1, -0.05) is 29.3 Å². The molecule has 0 unspecified atom stereocenters. The Morgan fingerprint density at radius 2 is 1.90 bits per heavy atom. The quantitative estimate of drug-likeness (QED) is 0.861. The molecule has 1 aromatic rings. The van der Waals surface area contributed by atoms with Crippen LogP contribution in [0.5, 0.6) is 0 Å². The predicted octanol–water partition coefficient (Wildman–Crippen LogP) is 3.11. The minimum Gasteiger partial charge on any atom is -0.480 e. The molecule has 2 rings (SSSR count). The second-order valence-electron chi connectivity index (χ2n) is 3.80. The third kappa shape index (κ3) is 2.98. The van der Waals surface area contributed by atoms with Gasteiger partial charge in [0.25, 0.3) is 11.1 Å². The minimum atomic E-state index is -1.26. The molecule has 8 heteroatoms. The predicted molar refractivity (Wildman–Crippen MR) is 76.8 cm³/mol. The average molecular weight is 332 g/mol. The van der Waals surface area contributed by atoms with Crippen LogP contribution in [0.15, 0.2) is 23.1 Å². The molecule has 2 amide bonds. The van der Waals surface area contributed by atoms with Crippen molar-refractivity contribution in [2.24, 2.45) is 0 Å². The Hall–Kier alpha value is -1.50. The fraction of sp³-hybridized carbons (Fsp3) is 0.0833. The number of rotatable bonds is 3. The number of halogens is 2. The normalized spacial score (nSPS) is 17.1. The molecule has 1 aliphatic rings. The molecule has 0 radical (unpaired) electrons. The lowest BCUT2D eigenvalue weighted by Gasteiger charge is -2.08. The van der Waals surface area contributed by atoms with Gasteiger partial charge in [0.15, 0.2) is 0 Å². The molecular formula is C12H7Cl2NO4S. The Bertz CT molecular complexity index is 624. The minimum absolute atomic E-state index is 0.0891. The summed E-state index contributed by atoms with van der Waals surface area (Å²) in [6.07, 6.45) is 1.39. The molecule has 1 heterocycles. The number of carbonyl (C=O) groups is 3. The Morgan fingerprint density at radius 1 is 1.30 bits per heavy atom. The van der Waals surface area contributed by atoms with E-state index in [4.69, 9.17) is 28.3 Å². The number of carboxylic acid groups (broad SMARTS) is 1. The lowest BCUT2D eigenvalue weighted by molar-refractivity contribution is -0.140. The van der Waals surface area contributed by atoms with Crippen LogP contribution in [0.3, 0.4) is 0 Å². The molecule has 0 atom stereocenters. The summed E-state index contributed by atoms with van der Waals surface area (Å²) >= 11 is 12.6. The molecule has 0 saturated carbocycles. The van der Waals surface area contributed by atoms with E-state index < -0.39 is 23.7 Å². The van der Waals surface area contributed by atoms with E-state index in [0.29, 0.717) is 32.3 Å². The van der Waals surface area contributed by atoms with E-state index in [-0.39, 0.29) is 4.91 Å². The van der Waals surface area contributed by atoms with Crippen LogP contribution in [0.1, 0.15) is 5.56 Å². The van der Waals surface area contributed by atoms with E-state index in [9.17, 15) is 14.4 Å². The van der Waals surface area contributed by atoms with Gasteiger partial charge in [-0.05, 0) is 30.0 Å². The summed E-state index contributed by atoms with van der Waals surface area (Å²) < 4.78 is 0. The molecule has 1 aromatic carbocycles. The van der Waals surface area contributed by atoms with Gasteiger partial charge in [0.1, 0.15) is 6.54 Å². The van der Waals surface area contributed by atoms with Crippen molar-refractivity contribution in [3.8, 4) is 0 Å². The first kappa shape index (κ1) is 14.9. The Balaban J connectivity index is 2.35. The van der Waals surface area contributed by atoms with Crippen LogP contribution in [0.4, 0.5) is 4.79 Å². The number of carbonyl (C=O) groups excluding carboxylic acids is 2. The molecule has 0 spiro atoms. The molecule has 1 fully saturated rings. The SMILES string of the molecule is O=C(O)CN1C(=O)SC(=Cc2c(Cl)cccc2Cl)C1=O. The zero-order valence-electron chi connectivity index (χ0n) is 9.80. The first-order valence-electron chi connectivity index (χ1n) is 5.31. The van der Waals surface area contributed by atoms with E-state index >= 15 is 0 Å². The molecule has 0 aliphatic carbocycles. The number of aliphatic carboxylic acids is 1. The van der Waals surface area contributed by atoms with E-state index in [1.165, 1.54) is 6.08 Å². The highest BCUT2D eigenvalue weighted by Crippen LogP contribution is 2.35. The maximum Gasteiger partial charge on any atom is 0.323 e. The number of imide groups is 1. The number of benzene rings is 1. The number of thioether (sulfide) groups is 1. The number of hydrogen-bond acceptors (Lipinski definition) is 4. The highest BCUT2D eigenvalue weighted by Gasteiger charge is 2.36. The Kier molecular flexibility index (Phi) is 4.37. The number of nitrogens with zero attached hydrogens (tertiary/aromatic N) is 1. The van der Waals surface area contributed by atoms with Crippen molar-refractivity contribution in [2.75, 3.05) is 6.54 Å². The van der Waals surface area contributed by atoms with Gasteiger partial charge in [-0.25, -0.2) is 0 Å². The fourth-order valence-corrected chi connectivity index (χ4v) is 2.88. The fourth-order valence-electron chi connectivity index (χ4n) is 1.55. The van der Waals surface area contributed by atoms with Crippen molar-refractivity contribution >= 4 is 58.2 Å². The van der Waals surface area contributed by atoms with Crippen molar-refractivity contribution < 1.29 is 19.5 Å². The lowest BCUT2D eigenvalue weighted by atomic mass is 10.2. The maximum absolute atomic E-state index is 11.9. The third-order valence-corrected chi connectivity index (χ3v) is 4.01. The highest BCUT2D eigenvalue weighted by molar-refractivity contribution is 8.18. The van der Waals surface area contributed by atoms with Crippen LogP contribution in [0.2, 0.25) is 10.0 Å². The van der Waals surface area contributed by atoms with Crippen LogP contribution in [-0.4, -0.2) is 33.7 Å². The van der Waals surface area contributed by atoms with Crippen molar-refractivity contribution in [1.29, 1.82) is 0 Å². The summed E-state index contributed by atoms with van der Waals surface area (Å²) in [6.45, 7) is -0.668. The van der Waals surface area contributed by atoms with Crippen LogP contribution >= 0.6 is 35.0 Å². The van der Waals surface area contributed by atoms with Crippen LogP contribution in [0, 0.1) is 0 Å². The van der Waals surface area contributed by atoms with Crippen molar-refractivity contribution in [2.45, 2.75) is 0 Å². The Morgan fingerprint density at radius 3 is 2.45 bits per heavy atom. The summed E-state index contributed by atoms with van der Waals surface area (Å²) in [4.78, 5) is 34.9. The van der Waals surface area contributed by atoms with Gasteiger partial charge in [0.05, 0.1) is 4.91 Å². The smallest absolute Gasteiger partial charge is 0.323 e. The molecule has 1 saturated heterocycles. The Labute approximate surface area is 128 Å². The van der Waals surface area contributed by atoms with Gasteiger partial charge in [-0.3, -0.25) is 19.3 Å². The van der Waals surface area contributed by atoms with Gasteiger partial charge in [0, 0.05) is 15.6 Å². The molecule has 1 N–H and O–H groups in total. The van der Waals surface area contributed by atoms with Crippen LogP contribution in [-0.2, 0) is 9.59 Å². The first-order chi connectivity index (χ1) is 9.40. The summed E-state index contributed by atoms with van der Waals surface area (Å²) in [7, 11) is 0. The molecule has 0 bridgehead atoms. The highest BCUT2D eigenvalue weighted by atomic mass is 35.5. The molecule has 20 heavy (non-hydrogen) atoms. The van der Waals surface area contributed by atoms with E-state index in [2.05, 4.69) is 0 Å². The van der Waals surface area contributed by atoms with E-state index in [1.54, 1.807) is 18.2 Å². The number of amides is 2. The topological polar surface area (TPSA) is 74.7 Å². The number of carboxylic acids is 1. The van der Waals surface area contributed by atoms with Crippen LogP contribution in [0.25, 0.3) is 6.08 Å². The monoisotopic (exact) mass is 331 g/mol. The van der Waals surface area contributed by atoms with Gasteiger partial charge in [-0.2, -0.15) is 0 Å². The lowest BCUT2D eigenvalue weighted by Crippen LogP contribution is -2.33. The van der Waals surface area contributed by atoms with Gasteiger partial charge in [-0.15, -0.1) is 0 Å². The van der Waals surface area contributed by atoms with Gasteiger partial charge < -0.3 is 5.11 Å². The summed E-state index contributed by atoms with van der Waals surface area (Å²) in [5.41, 5.74) is 0.414. The van der Waals surface area contributed by atoms with Crippen LogP contribution < -0.4 is 0 Å². The summed E-state index contributed by atoms with van der Waals surface area (Å²) in [5, 5.41) is 8.70. The number of hydrogen-bond donors (Lipinski definition) is 1. The summed E-state index contributed by atoms with van der Waals surface area (Å²) in [6, 6.07) is 4.85. The molecule has 0 aromatic heterocycles. The zero-order chi connectivity index (χ0) is 14.9. The largest absolute Gasteiger partial charge is 0.480 e. The zero-order valence-corrected chi connectivity index (χ0v) is 12.1. The van der Waals surface area contributed by atoms with Crippen molar-refractivity contribution in [1.82, 2.24) is 4.90 Å². The third-order valence-electron chi connectivity index (χ3n) is 2.44. The second-order valence-corrected chi connectivity index (χ2v) is 5.60. The second kappa shape index (κ2) is 5.87. The molecule has 1 aliphatic heterocycles. The van der Waals surface area contributed by atoms with Crippen molar-refractivity contribution in [3.63, 3.8) is 0 Å². The standard InChI is InChI=1S/C12H7Cl2NO4S/c13-7-2-1-3-8(14)6(7)4-9-11(18)15(5-10(16)17)12(19)20-9/h1-4H,5H2,(H,16,17). The van der Waals surface area contributed by atoms with Crippen molar-refractivity contribution in [3.05, 3.63) is 38.7 Å². The first-order valence-corrected chi connectivity index (χ1v) is 6.88. The van der Waals surface area contributed by atoms with Gasteiger partial charge in [0.2, 0.25) is 0 Å². The maximum atomic E-state index is 11.9. The summed E-state index contributed by atoms with van der Waals surface area (Å²) in [5.74, 6) is -1.93. The van der Waals surface area contributed by atoms with E-state index in [0.717, 1.165) is 0 Å². The molecule has 5 nitrogen and oxygen atoms in total. The molecular weight excluding hydrogens is 325 g/mol. The average Bonchev–Trinajstić information content (AvgIpc) is 2.61.